The van der Waals surface area contributed by atoms with E-state index in [1.54, 1.807) is 18.3 Å². The molecule has 0 aliphatic rings. The average Bonchev–Trinajstić information content (AvgIpc) is 2.91. The highest BCUT2D eigenvalue weighted by Gasteiger charge is 2.10. The van der Waals surface area contributed by atoms with Crippen molar-refractivity contribution < 1.29 is 4.79 Å². The summed E-state index contributed by atoms with van der Waals surface area (Å²) in [5.41, 5.74) is 6.76. The molecule has 3 aromatic rings. The first kappa shape index (κ1) is 19.5. The van der Waals surface area contributed by atoms with E-state index in [4.69, 9.17) is 34.8 Å². The van der Waals surface area contributed by atoms with Crippen LogP contribution in [0, 0.1) is 13.8 Å². The molecule has 0 bridgehead atoms. The van der Waals surface area contributed by atoms with Crippen molar-refractivity contribution >= 4 is 46.9 Å². The molecule has 2 aromatic carbocycles. The Hall–Kier alpha value is -2.27. The Kier molecular flexibility index (Phi) is 5.90. The van der Waals surface area contributed by atoms with Crippen LogP contribution in [-0.4, -0.2) is 16.7 Å². The van der Waals surface area contributed by atoms with Crippen molar-refractivity contribution in [2.45, 2.75) is 13.8 Å². The van der Waals surface area contributed by atoms with Crippen molar-refractivity contribution in [2.24, 2.45) is 5.10 Å². The monoisotopic (exact) mass is 419 g/mol. The van der Waals surface area contributed by atoms with Crippen molar-refractivity contribution in [1.82, 2.24) is 9.99 Å². The van der Waals surface area contributed by atoms with Gasteiger partial charge in [-0.05, 0) is 56.3 Å². The third-order valence-corrected chi connectivity index (χ3v) is 5.06. The van der Waals surface area contributed by atoms with E-state index in [2.05, 4.69) is 15.1 Å². The molecule has 0 aliphatic carbocycles. The Balaban J connectivity index is 1.79. The minimum absolute atomic E-state index is 0.318. The number of halogens is 3. The molecule has 0 atom stereocenters. The molecule has 0 spiro atoms. The van der Waals surface area contributed by atoms with Crippen LogP contribution < -0.4 is 5.43 Å². The van der Waals surface area contributed by atoms with Crippen molar-refractivity contribution in [3.63, 3.8) is 0 Å². The fraction of sp³-hybridized carbons (Fsp3) is 0.100. The number of hydrazone groups is 1. The lowest BCUT2D eigenvalue weighted by Gasteiger charge is -2.09. The summed E-state index contributed by atoms with van der Waals surface area (Å²) in [4.78, 5) is 12.2. The predicted molar refractivity (Wildman–Crippen MR) is 112 cm³/mol. The summed E-state index contributed by atoms with van der Waals surface area (Å²) in [5.74, 6) is -0.367. The highest BCUT2D eigenvalue weighted by molar-refractivity contribution is 6.42. The number of aryl methyl sites for hydroxylation is 1. The number of carbonyl (C=O) groups excluding carboxylic acids is 1. The molecule has 138 valence electrons. The third-order valence-electron chi connectivity index (χ3n) is 4.09. The van der Waals surface area contributed by atoms with E-state index in [0.717, 1.165) is 22.6 Å². The molecule has 3 rings (SSSR count). The van der Waals surface area contributed by atoms with Gasteiger partial charge in [0.1, 0.15) is 0 Å². The Labute approximate surface area is 172 Å². The Morgan fingerprint density at radius 3 is 2.52 bits per heavy atom. The largest absolute Gasteiger partial charge is 0.318 e. The Morgan fingerprint density at radius 1 is 1.04 bits per heavy atom. The van der Waals surface area contributed by atoms with Gasteiger partial charge < -0.3 is 4.57 Å². The number of benzene rings is 2. The third kappa shape index (κ3) is 4.35. The number of amides is 1. The number of rotatable bonds is 4. The Bertz CT molecular complexity index is 1040. The number of hydrogen-bond acceptors (Lipinski definition) is 2. The quantitative estimate of drug-likeness (QED) is 0.419. The predicted octanol–water partition coefficient (Wildman–Crippen LogP) is 5.82. The molecule has 0 fully saturated rings. The van der Waals surface area contributed by atoms with E-state index >= 15 is 0 Å². The molecular weight excluding hydrogens is 405 g/mol. The number of carbonyl (C=O) groups is 1. The summed E-state index contributed by atoms with van der Waals surface area (Å²) in [6.45, 7) is 3.98. The van der Waals surface area contributed by atoms with Crippen LogP contribution in [0.3, 0.4) is 0 Å². The van der Waals surface area contributed by atoms with Gasteiger partial charge in [-0.1, -0.05) is 40.9 Å². The first-order valence-corrected chi connectivity index (χ1v) is 9.23. The first-order valence-electron chi connectivity index (χ1n) is 8.10. The zero-order valence-corrected chi connectivity index (χ0v) is 16.9. The van der Waals surface area contributed by atoms with Gasteiger partial charge in [0.2, 0.25) is 0 Å². The van der Waals surface area contributed by atoms with Gasteiger partial charge in [0.15, 0.2) is 0 Å². The molecule has 4 nitrogen and oxygen atoms in total. The van der Waals surface area contributed by atoms with Crippen LogP contribution in [0.15, 0.2) is 53.6 Å². The van der Waals surface area contributed by atoms with Gasteiger partial charge in [0.05, 0.1) is 16.3 Å². The second-order valence-corrected chi connectivity index (χ2v) is 7.22. The molecule has 0 unspecified atom stereocenters. The normalized spacial score (nSPS) is 11.1. The van der Waals surface area contributed by atoms with Gasteiger partial charge in [-0.2, -0.15) is 5.10 Å². The van der Waals surface area contributed by atoms with E-state index in [1.165, 1.54) is 6.07 Å². The minimum Gasteiger partial charge on any atom is -0.318 e. The molecule has 1 N–H and O–H groups in total. The van der Waals surface area contributed by atoms with E-state index in [1.807, 2.05) is 44.2 Å². The molecule has 1 heterocycles. The van der Waals surface area contributed by atoms with Gasteiger partial charge in [0, 0.05) is 33.2 Å². The SMILES string of the molecule is Cc1cc(/C=N\NC(=O)c2ccc(Cl)c(Cl)c2)c(C)n1-c1cccc(Cl)c1. The van der Waals surface area contributed by atoms with Crippen LogP contribution in [0.25, 0.3) is 5.69 Å². The smallest absolute Gasteiger partial charge is 0.271 e. The number of nitrogens with one attached hydrogen (secondary N) is 1. The van der Waals surface area contributed by atoms with Crippen LogP contribution in [0.2, 0.25) is 15.1 Å². The number of aromatic nitrogens is 1. The second-order valence-electron chi connectivity index (χ2n) is 5.97. The molecule has 1 aromatic heterocycles. The molecule has 27 heavy (non-hydrogen) atoms. The molecule has 0 aliphatic heterocycles. The topological polar surface area (TPSA) is 46.4 Å². The maximum absolute atomic E-state index is 12.2. The van der Waals surface area contributed by atoms with E-state index < -0.39 is 0 Å². The summed E-state index contributed by atoms with van der Waals surface area (Å²) < 4.78 is 2.08. The second kappa shape index (κ2) is 8.17. The first-order chi connectivity index (χ1) is 12.9. The van der Waals surface area contributed by atoms with Crippen molar-refractivity contribution in [3.8, 4) is 5.69 Å². The van der Waals surface area contributed by atoms with Gasteiger partial charge in [-0.3, -0.25) is 4.79 Å². The molecule has 0 radical (unpaired) electrons. The van der Waals surface area contributed by atoms with Crippen LogP contribution in [0.5, 0.6) is 0 Å². The van der Waals surface area contributed by atoms with Gasteiger partial charge in [0.25, 0.3) is 5.91 Å². The Morgan fingerprint density at radius 2 is 1.81 bits per heavy atom. The fourth-order valence-corrected chi connectivity index (χ4v) is 3.28. The van der Waals surface area contributed by atoms with E-state index in [0.29, 0.717) is 20.6 Å². The minimum atomic E-state index is -0.367. The maximum Gasteiger partial charge on any atom is 0.271 e. The number of hydrogen-bond donors (Lipinski definition) is 1. The molecule has 0 saturated carbocycles. The van der Waals surface area contributed by atoms with Crippen molar-refractivity contribution in [3.05, 3.63) is 86.1 Å². The van der Waals surface area contributed by atoms with Crippen molar-refractivity contribution in [1.29, 1.82) is 0 Å². The average molecular weight is 421 g/mol. The van der Waals surface area contributed by atoms with Crippen molar-refractivity contribution in [2.75, 3.05) is 0 Å². The highest BCUT2D eigenvalue weighted by Crippen LogP contribution is 2.23. The molecule has 0 saturated heterocycles. The lowest BCUT2D eigenvalue weighted by molar-refractivity contribution is 0.0955. The van der Waals surface area contributed by atoms with Crippen LogP contribution in [0.4, 0.5) is 0 Å². The summed E-state index contributed by atoms with van der Waals surface area (Å²) in [7, 11) is 0. The highest BCUT2D eigenvalue weighted by atomic mass is 35.5. The number of nitrogens with zero attached hydrogens (tertiary/aromatic N) is 2. The lowest BCUT2D eigenvalue weighted by atomic mass is 10.2. The summed E-state index contributed by atoms with van der Waals surface area (Å²) in [6.07, 6.45) is 1.61. The fourth-order valence-electron chi connectivity index (χ4n) is 2.79. The van der Waals surface area contributed by atoms with Crippen LogP contribution in [-0.2, 0) is 0 Å². The zero-order valence-electron chi connectivity index (χ0n) is 14.6. The maximum atomic E-state index is 12.2. The van der Waals surface area contributed by atoms with Crippen LogP contribution in [0.1, 0.15) is 27.3 Å². The lowest BCUT2D eigenvalue weighted by Crippen LogP contribution is -2.17. The summed E-state index contributed by atoms with van der Waals surface area (Å²) in [6, 6.07) is 14.3. The summed E-state index contributed by atoms with van der Waals surface area (Å²) in [5, 5.41) is 5.44. The molecule has 7 heteroatoms. The molecule has 1 amide bonds. The van der Waals surface area contributed by atoms with Gasteiger partial charge in [-0.15, -0.1) is 0 Å². The van der Waals surface area contributed by atoms with Gasteiger partial charge >= 0.3 is 0 Å². The van der Waals surface area contributed by atoms with E-state index in [-0.39, 0.29) is 5.91 Å². The summed E-state index contributed by atoms with van der Waals surface area (Å²) >= 11 is 17.9. The van der Waals surface area contributed by atoms with Crippen LogP contribution >= 0.6 is 34.8 Å². The van der Waals surface area contributed by atoms with E-state index in [9.17, 15) is 4.79 Å². The standard InChI is InChI=1S/C20H16Cl3N3O/c1-12-8-15(13(2)26(12)17-5-3-4-16(21)10-17)11-24-25-20(27)14-6-7-18(22)19(23)9-14/h3-11H,1-2H3,(H,25,27)/b24-11-. The molecular formula is C20H16Cl3N3O. The zero-order chi connectivity index (χ0) is 19.6. The van der Waals surface area contributed by atoms with Gasteiger partial charge in [-0.25, -0.2) is 5.43 Å².